The monoisotopic (exact) mass is 539 g/mol. The molecule has 4 aliphatic rings. The Balaban J connectivity index is 1.37. The van der Waals surface area contributed by atoms with E-state index in [1.807, 2.05) is 18.2 Å². The molecular formula is C28H28BrF2N3O. The summed E-state index contributed by atoms with van der Waals surface area (Å²) in [6.07, 6.45) is 5.03. The summed E-state index contributed by atoms with van der Waals surface area (Å²) in [7, 11) is 0. The molecule has 3 saturated carbocycles. The van der Waals surface area contributed by atoms with Crippen molar-refractivity contribution in [2.45, 2.75) is 46.0 Å². The molecule has 4 nitrogen and oxygen atoms in total. The van der Waals surface area contributed by atoms with Crippen molar-refractivity contribution in [3.63, 3.8) is 0 Å². The van der Waals surface area contributed by atoms with Gasteiger partial charge in [0, 0.05) is 28.2 Å². The van der Waals surface area contributed by atoms with E-state index in [1.165, 1.54) is 29.7 Å². The van der Waals surface area contributed by atoms with Gasteiger partial charge in [0.1, 0.15) is 11.5 Å². The molecule has 1 N–H and O–H groups in total. The second-order valence-electron chi connectivity index (χ2n) is 10.9. The fraction of sp³-hybridized carbons (Fsp3) is 0.429. The minimum absolute atomic E-state index is 0.131. The van der Waals surface area contributed by atoms with Crippen molar-refractivity contribution in [3.05, 3.63) is 69.3 Å². The number of rotatable bonds is 4. The lowest BCUT2D eigenvalue weighted by atomic mass is 9.45. The predicted octanol–water partition coefficient (Wildman–Crippen LogP) is 6.48. The summed E-state index contributed by atoms with van der Waals surface area (Å²) in [5, 5.41) is 7.78. The Morgan fingerprint density at radius 1 is 1.17 bits per heavy atom. The van der Waals surface area contributed by atoms with Crippen LogP contribution in [0.3, 0.4) is 0 Å². The lowest BCUT2D eigenvalue weighted by Gasteiger charge is -2.60. The van der Waals surface area contributed by atoms with Crippen LogP contribution in [-0.2, 0) is 12.8 Å². The Morgan fingerprint density at radius 3 is 2.74 bits per heavy atom. The maximum absolute atomic E-state index is 14.9. The van der Waals surface area contributed by atoms with E-state index in [2.05, 4.69) is 40.2 Å². The molecule has 2 aromatic carbocycles. The van der Waals surface area contributed by atoms with Crippen molar-refractivity contribution in [2.24, 2.45) is 23.2 Å². The van der Waals surface area contributed by atoms with E-state index in [-0.39, 0.29) is 11.6 Å². The van der Waals surface area contributed by atoms with Crippen LogP contribution in [0.4, 0.5) is 8.78 Å². The molecule has 4 aliphatic carbocycles. The number of fused-ring (bicyclic) bond motifs is 5. The number of nitrogens with one attached hydrogen (secondary N) is 1. The van der Waals surface area contributed by atoms with E-state index >= 15 is 0 Å². The van der Waals surface area contributed by atoms with E-state index in [4.69, 9.17) is 0 Å². The molecule has 2 bridgehead atoms. The Hall–Kier alpha value is -2.54. The van der Waals surface area contributed by atoms with Crippen LogP contribution in [0.2, 0.25) is 0 Å². The predicted molar refractivity (Wildman–Crippen MR) is 134 cm³/mol. The fourth-order valence-corrected chi connectivity index (χ4v) is 7.16. The van der Waals surface area contributed by atoms with Crippen molar-refractivity contribution >= 4 is 21.8 Å². The maximum Gasteiger partial charge on any atom is 0.272 e. The average Bonchev–Trinajstić information content (AvgIpc) is 3.22. The molecule has 182 valence electrons. The molecule has 3 atom stereocenters. The zero-order chi connectivity index (χ0) is 24.5. The van der Waals surface area contributed by atoms with Crippen LogP contribution < -0.4 is 5.32 Å². The molecule has 1 amide bonds. The molecule has 7 rings (SSSR count). The van der Waals surface area contributed by atoms with Crippen molar-refractivity contribution < 1.29 is 13.6 Å². The average molecular weight is 540 g/mol. The van der Waals surface area contributed by atoms with Gasteiger partial charge in [-0.2, -0.15) is 5.10 Å². The number of benzene rings is 2. The van der Waals surface area contributed by atoms with E-state index in [1.54, 1.807) is 0 Å². The second kappa shape index (κ2) is 8.26. The first-order valence-corrected chi connectivity index (χ1v) is 13.2. The number of carbonyl (C=O) groups is 1. The van der Waals surface area contributed by atoms with Gasteiger partial charge < -0.3 is 5.32 Å². The number of halogens is 3. The smallest absolute Gasteiger partial charge is 0.272 e. The van der Waals surface area contributed by atoms with Gasteiger partial charge in [0.15, 0.2) is 11.5 Å². The van der Waals surface area contributed by atoms with E-state index in [0.29, 0.717) is 41.6 Å². The van der Waals surface area contributed by atoms with Gasteiger partial charge >= 0.3 is 0 Å². The summed E-state index contributed by atoms with van der Waals surface area (Å²) < 4.78 is 30.9. The normalized spacial score (nSPS) is 23.7. The molecular weight excluding hydrogens is 512 g/mol. The highest BCUT2D eigenvalue weighted by Crippen LogP contribution is 2.61. The Kier molecular flexibility index (Phi) is 5.40. The van der Waals surface area contributed by atoms with Crippen LogP contribution in [0.25, 0.3) is 16.9 Å². The highest BCUT2D eigenvalue weighted by Gasteiger charge is 2.54. The first kappa shape index (κ1) is 22.9. The number of hydrogen-bond acceptors (Lipinski definition) is 2. The summed E-state index contributed by atoms with van der Waals surface area (Å²) in [6, 6.07) is 9.40. The highest BCUT2D eigenvalue weighted by molar-refractivity contribution is 9.10. The minimum Gasteiger partial charge on any atom is -0.350 e. The molecule has 0 spiro atoms. The fourth-order valence-electron chi connectivity index (χ4n) is 6.75. The quantitative estimate of drug-likeness (QED) is 0.412. The number of hydrogen-bond donors (Lipinski definition) is 1. The molecule has 0 aliphatic heterocycles. The lowest BCUT2D eigenvalue weighted by molar-refractivity contribution is -0.103. The number of aryl methyl sites for hydroxylation is 1. The molecule has 3 unspecified atom stereocenters. The van der Waals surface area contributed by atoms with Gasteiger partial charge in [0.2, 0.25) is 0 Å². The van der Waals surface area contributed by atoms with E-state index < -0.39 is 11.6 Å². The van der Waals surface area contributed by atoms with Gasteiger partial charge in [-0.25, -0.2) is 13.5 Å². The largest absolute Gasteiger partial charge is 0.350 e. The first-order chi connectivity index (χ1) is 16.7. The third kappa shape index (κ3) is 3.65. The van der Waals surface area contributed by atoms with Crippen molar-refractivity contribution in [2.75, 3.05) is 6.54 Å². The molecule has 0 saturated heterocycles. The molecule has 3 aromatic rings. The minimum atomic E-state index is -0.713. The van der Waals surface area contributed by atoms with Crippen LogP contribution in [0.15, 0.2) is 40.9 Å². The van der Waals surface area contributed by atoms with Gasteiger partial charge in [-0.1, -0.05) is 35.8 Å². The topological polar surface area (TPSA) is 46.9 Å². The highest BCUT2D eigenvalue weighted by atomic mass is 79.9. The molecule has 3 fully saturated rings. The Labute approximate surface area is 212 Å². The van der Waals surface area contributed by atoms with Crippen molar-refractivity contribution in [3.8, 4) is 16.9 Å². The summed E-state index contributed by atoms with van der Waals surface area (Å²) in [5.74, 6) is 0.352. The molecule has 7 heteroatoms. The zero-order valence-electron chi connectivity index (χ0n) is 19.9. The standard InChI is InChI=1S/C28H28BrF2N3O/c1-28(2)17-5-3-16(22(28)12-17)14-32-27(35)25-21-8-4-15-11-18(29)6-9-20(15)26(21)34(33-25)24-10-7-19(30)13-23(24)31/h6-7,9-11,13,16-17,22H,3-5,8,12,14H2,1-2H3,(H,32,35). The molecule has 1 heterocycles. The summed E-state index contributed by atoms with van der Waals surface area (Å²) >= 11 is 3.53. The molecule has 35 heavy (non-hydrogen) atoms. The Morgan fingerprint density at radius 2 is 2.00 bits per heavy atom. The van der Waals surface area contributed by atoms with Gasteiger partial charge in [-0.3, -0.25) is 4.79 Å². The van der Waals surface area contributed by atoms with E-state index in [0.717, 1.165) is 46.0 Å². The summed E-state index contributed by atoms with van der Waals surface area (Å²) in [6.45, 7) is 5.34. The van der Waals surface area contributed by atoms with Crippen molar-refractivity contribution in [1.29, 1.82) is 0 Å². The van der Waals surface area contributed by atoms with Gasteiger partial charge in [0.05, 0.1) is 5.69 Å². The van der Waals surface area contributed by atoms with Crippen LogP contribution in [0.1, 0.15) is 54.7 Å². The van der Waals surface area contributed by atoms with E-state index in [9.17, 15) is 13.6 Å². The van der Waals surface area contributed by atoms with Gasteiger partial charge in [-0.05, 0) is 85.1 Å². The lowest BCUT2D eigenvalue weighted by Crippen LogP contribution is -2.54. The number of aromatic nitrogens is 2. The second-order valence-corrected chi connectivity index (χ2v) is 11.8. The van der Waals surface area contributed by atoms with Gasteiger partial charge in [-0.15, -0.1) is 0 Å². The summed E-state index contributed by atoms with van der Waals surface area (Å²) in [4.78, 5) is 13.4. The number of nitrogens with zero attached hydrogens (tertiary/aromatic N) is 2. The zero-order valence-corrected chi connectivity index (χ0v) is 21.5. The third-order valence-corrected chi connectivity index (χ3v) is 9.32. The number of amides is 1. The van der Waals surface area contributed by atoms with Gasteiger partial charge in [0.25, 0.3) is 5.91 Å². The third-order valence-electron chi connectivity index (χ3n) is 8.83. The molecule has 0 radical (unpaired) electrons. The number of carbonyl (C=O) groups excluding carboxylic acids is 1. The van der Waals surface area contributed by atoms with Crippen molar-refractivity contribution in [1.82, 2.24) is 15.1 Å². The first-order valence-electron chi connectivity index (χ1n) is 12.4. The van der Waals surface area contributed by atoms with Crippen LogP contribution >= 0.6 is 15.9 Å². The SMILES string of the molecule is CC1(C)C2CCC(CNC(=O)c3nn(-c4ccc(F)cc4F)c4c3CCc3cc(Br)ccc3-4)C1C2. The maximum atomic E-state index is 14.9. The molecule has 1 aromatic heterocycles. The van der Waals surface area contributed by atoms with Crippen LogP contribution in [-0.4, -0.2) is 22.2 Å². The summed E-state index contributed by atoms with van der Waals surface area (Å²) in [5.41, 5.74) is 4.35. The Bertz CT molecular complexity index is 1350. The van der Waals surface area contributed by atoms with Crippen LogP contribution in [0.5, 0.6) is 0 Å². The van der Waals surface area contributed by atoms with Crippen LogP contribution in [0, 0.1) is 34.8 Å².